The van der Waals surface area contributed by atoms with E-state index in [-0.39, 0.29) is 12.5 Å². The van der Waals surface area contributed by atoms with E-state index in [1.54, 1.807) is 19.2 Å². The minimum atomic E-state index is -0.115. The summed E-state index contributed by atoms with van der Waals surface area (Å²) in [5.41, 5.74) is 1.55. The fourth-order valence-electron chi connectivity index (χ4n) is 2.11. The first-order chi connectivity index (χ1) is 11.4. The maximum absolute atomic E-state index is 12.1. The molecule has 2 rings (SSSR count). The number of methoxy groups -OCH3 is 1. The van der Waals surface area contributed by atoms with Gasteiger partial charge in [0.05, 0.1) is 23.9 Å². The van der Waals surface area contributed by atoms with Gasteiger partial charge in [0.2, 0.25) is 5.91 Å². The predicted octanol–water partition coefficient (Wildman–Crippen LogP) is 3.94. The van der Waals surface area contributed by atoms with Crippen LogP contribution in [0, 0.1) is 6.92 Å². The van der Waals surface area contributed by atoms with Gasteiger partial charge in [0.25, 0.3) is 0 Å². The molecule has 5 nitrogen and oxygen atoms in total. The summed E-state index contributed by atoms with van der Waals surface area (Å²) < 4.78 is 4.99. The molecule has 0 unspecified atom stereocenters. The van der Waals surface area contributed by atoms with E-state index in [0.717, 1.165) is 16.1 Å². The second-order valence-corrected chi connectivity index (χ2v) is 7.37. The second kappa shape index (κ2) is 8.78. The number of benzene rings is 1. The molecule has 1 aromatic heterocycles. The van der Waals surface area contributed by atoms with Crippen LogP contribution in [-0.4, -0.2) is 49.6 Å². The van der Waals surface area contributed by atoms with Gasteiger partial charge < -0.3 is 10.1 Å². The minimum absolute atomic E-state index is 0.115. The standard InChI is InChI=1S/C16H19Cl2N3O2S/c1-10-15(12-5-4-11(17)8-13(12)18)20-16(24-10)19-14(22)9-21(2)6-7-23-3/h4-5,8H,6-7,9H2,1-3H3,(H,19,20,22). The monoisotopic (exact) mass is 387 g/mol. The highest BCUT2D eigenvalue weighted by Gasteiger charge is 2.15. The van der Waals surface area contributed by atoms with Crippen molar-refractivity contribution in [2.45, 2.75) is 6.92 Å². The van der Waals surface area contributed by atoms with Gasteiger partial charge in [-0.25, -0.2) is 4.98 Å². The molecule has 130 valence electrons. The van der Waals surface area contributed by atoms with Gasteiger partial charge in [-0.3, -0.25) is 9.69 Å². The molecule has 0 radical (unpaired) electrons. The lowest BCUT2D eigenvalue weighted by Gasteiger charge is -2.14. The fourth-order valence-corrected chi connectivity index (χ4v) is 3.45. The molecule has 0 aliphatic rings. The van der Waals surface area contributed by atoms with Crippen LogP contribution in [0.5, 0.6) is 0 Å². The maximum Gasteiger partial charge on any atom is 0.240 e. The zero-order chi connectivity index (χ0) is 17.7. The number of carbonyl (C=O) groups excluding carboxylic acids is 1. The number of nitrogens with one attached hydrogen (secondary N) is 1. The van der Waals surface area contributed by atoms with Crippen molar-refractivity contribution in [1.82, 2.24) is 9.88 Å². The second-order valence-electron chi connectivity index (χ2n) is 5.33. The summed E-state index contributed by atoms with van der Waals surface area (Å²) in [5.74, 6) is -0.115. The van der Waals surface area contributed by atoms with E-state index in [0.29, 0.717) is 28.3 Å². The Morgan fingerprint density at radius 1 is 1.42 bits per heavy atom. The van der Waals surface area contributed by atoms with E-state index >= 15 is 0 Å². The van der Waals surface area contributed by atoms with Crippen molar-refractivity contribution in [2.75, 3.05) is 39.2 Å². The molecule has 0 aliphatic heterocycles. The molecule has 1 amide bonds. The Morgan fingerprint density at radius 3 is 2.83 bits per heavy atom. The van der Waals surface area contributed by atoms with Crippen LogP contribution in [0.3, 0.4) is 0 Å². The van der Waals surface area contributed by atoms with Crippen LogP contribution < -0.4 is 5.32 Å². The summed E-state index contributed by atoms with van der Waals surface area (Å²) in [7, 11) is 3.50. The number of thiazole rings is 1. The normalized spacial score (nSPS) is 11.1. The molecule has 2 aromatic rings. The number of amides is 1. The van der Waals surface area contributed by atoms with E-state index in [2.05, 4.69) is 10.3 Å². The van der Waals surface area contributed by atoms with Crippen molar-refractivity contribution < 1.29 is 9.53 Å². The summed E-state index contributed by atoms with van der Waals surface area (Å²) in [6, 6.07) is 5.28. The Morgan fingerprint density at radius 2 is 2.17 bits per heavy atom. The van der Waals surface area contributed by atoms with Gasteiger partial charge in [0.15, 0.2) is 5.13 Å². The van der Waals surface area contributed by atoms with Gasteiger partial charge in [0, 0.05) is 29.1 Å². The number of carbonyl (C=O) groups is 1. The van der Waals surface area contributed by atoms with Crippen molar-refractivity contribution in [3.05, 3.63) is 33.1 Å². The molecule has 0 spiro atoms. The van der Waals surface area contributed by atoms with Crippen LogP contribution in [0.15, 0.2) is 18.2 Å². The Hall–Kier alpha value is -1.18. The Bertz CT molecular complexity index is 721. The highest BCUT2D eigenvalue weighted by molar-refractivity contribution is 7.16. The number of hydrogen-bond donors (Lipinski definition) is 1. The Labute approximate surface area is 155 Å². The molecule has 0 bridgehead atoms. The number of hydrogen-bond acceptors (Lipinski definition) is 5. The molecule has 8 heteroatoms. The number of anilines is 1. The van der Waals surface area contributed by atoms with Gasteiger partial charge >= 0.3 is 0 Å². The molecular formula is C16H19Cl2N3O2S. The third-order valence-corrected chi connectivity index (χ3v) is 4.75. The van der Waals surface area contributed by atoms with Gasteiger partial charge in [-0.15, -0.1) is 11.3 Å². The van der Waals surface area contributed by atoms with E-state index in [1.165, 1.54) is 11.3 Å². The van der Waals surface area contributed by atoms with Crippen molar-refractivity contribution >= 4 is 45.6 Å². The Balaban J connectivity index is 2.07. The summed E-state index contributed by atoms with van der Waals surface area (Å²) in [5, 5.41) is 4.49. The van der Waals surface area contributed by atoms with E-state index in [9.17, 15) is 4.79 Å². The van der Waals surface area contributed by atoms with Gasteiger partial charge in [0.1, 0.15) is 0 Å². The smallest absolute Gasteiger partial charge is 0.240 e. The first-order valence-electron chi connectivity index (χ1n) is 7.31. The number of rotatable bonds is 7. The summed E-state index contributed by atoms with van der Waals surface area (Å²) >= 11 is 13.6. The van der Waals surface area contributed by atoms with Crippen LogP contribution in [0.4, 0.5) is 5.13 Å². The van der Waals surface area contributed by atoms with Crippen LogP contribution >= 0.6 is 34.5 Å². The van der Waals surface area contributed by atoms with Gasteiger partial charge in [-0.2, -0.15) is 0 Å². The third-order valence-electron chi connectivity index (χ3n) is 3.32. The number of halogens is 2. The fraction of sp³-hybridized carbons (Fsp3) is 0.375. The van der Waals surface area contributed by atoms with Gasteiger partial charge in [-0.1, -0.05) is 23.2 Å². The molecule has 1 N–H and O–H groups in total. The zero-order valence-electron chi connectivity index (χ0n) is 13.7. The van der Waals surface area contributed by atoms with Gasteiger partial charge in [-0.05, 0) is 32.2 Å². The lowest BCUT2D eigenvalue weighted by molar-refractivity contribution is -0.117. The average molecular weight is 388 g/mol. The number of aromatic nitrogens is 1. The molecule has 0 fully saturated rings. The highest BCUT2D eigenvalue weighted by atomic mass is 35.5. The largest absolute Gasteiger partial charge is 0.383 e. The molecule has 24 heavy (non-hydrogen) atoms. The van der Waals surface area contributed by atoms with Crippen LogP contribution in [0.2, 0.25) is 10.0 Å². The highest BCUT2D eigenvalue weighted by Crippen LogP contribution is 2.35. The van der Waals surface area contributed by atoms with Crippen LogP contribution in [0.1, 0.15) is 4.88 Å². The molecule has 0 atom stereocenters. The number of aryl methyl sites for hydroxylation is 1. The molecule has 1 aromatic carbocycles. The van der Waals surface area contributed by atoms with Crippen molar-refractivity contribution in [3.63, 3.8) is 0 Å². The van der Waals surface area contributed by atoms with Crippen LogP contribution in [-0.2, 0) is 9.53 Å². The molecule has 0 saturated carbocycles. The SMILES string of the molecule is COCCN(C)CC(=O)Nc1nc(-c2ccc(Cl)cc2Cl)c(C)s1. The molecular weight excluding hydrogens is 369 g/mol. The Kier molecular flexibility index (Phi) is 7.01. The average Bonchev–Trinajstić information content (AvgIpc) is 2.85. The third kappa shape index (κ3) is 5.16. The lowest BCUT2D eigenvalue weighted by Crippen LogP contribution is -2.32. The summed E-state index contributed by atoms with van der Waals surface area (Å²) in [4.78, 5) is 19.4. The summed E-state index contributed by atoms with van der Waals surface area (Å²) in [6.45, 7) is 3.49. The molecule has 0 aliphatic carbocycles. The first kappa shape index (κ1) is 19.1. The molecule has 0 saturated heterocycles. The number of nitrogens with zero attached hydrogens (tertiary/aromatic N) is 2. The maximum atomic E-state index is 12.1. The lowest BCUT2D eigenvalue weighted by atomic mass is 10.1. The first-order valence-corrected chi connectivity index (χ1v) is 8.88. The molecule has 1 heterocycles. The summed E-state index contributed by atoms with van der Waals surface area (Å²) in [6.07, 6.45) is 0. The quantitative estimate of drug-likeness (QED) is 0.781. The van der Waals surface area contributed by atoms with E-state index in [4.69, 9.17) is 27.9 Å². The van der Waals surface area contributed by atoms with Crippen molar-refractivity contribution in [1.29, 1.82) is 0 Å². The number of ether oxygens (including phenoxy) is 1. The van der Waals surface area contributed by atoms with E-state index in [1.807, 2.05) is 24.9 Å². The predicted molar refractivity (Wildman–Crippen MR) is 100 cm³/mol. The topological polar surface area (TPSA) is 54.5 Å². The van der Waals surface area contributed by atoms with E-state index < -0.39 is 0 Å². The zero-order valence-corrected chi connectivity index (χ0v) is 16.1. The van der Waals surface area contributed by atoms with Crippen LogP contribution in [0.25, 0.3) is 11.3 Å². The van der Waals surface area contributed by atoms with Crippen molar-refractivity contribution in [2.24, 2.45) is 0 Å². The minimum Gasteiger partial charge on any atom is -0.383 e. The van der Waals surface area contributed by atoms with Crippen molar-refractivity contribution in [3.8, 4) is 11.3 Å². The number of likely N-dealkylation sites (N-methyl/N-ethyl adjacent to an activating group) is 1.